The van der Waals surface area contributed by atoms with Crippen molar-refractivity contribution in [1.29, 1.82) is 5.26 Å². The van der Waals surface area contributed by atoms with E-state index in [1.165, 1.54) is 5.56 Å². The SMILES string of the molecule is CC/C(OC)=C(/C#N)C=NCCCNCCN(CC)CCc1ccc2c(c1)COC2=O. The highest BCUT2D eigenvalue weighted by Crippen LogP contribution is 2.21. The van der Waals surface area contributed by atoms with E-state index in [1.807, 2.05) is 19.1 Å². The van der Waals surface area contributed by atoms with Gasteiger partial charge < -0.3 is 19.7 Å². The molecule has 0 amide bonds. The first-order valence-electron chi connectivity index (χ1n) is 11.0. The van der Waals surface area contributed by atoms with Crippen LogP contribution in [0.25, 0.3) is 0 Å². The van der Waals surface area contributed by atoms with Gasteiger partial charge in [-0.05, 0) is 37.6 Å². The number of esters is 1. The van der Waals surface area contributed by atoms with E-state index in [0.717, 1.165) is 51.1 Å². The summed E-state index contributed by atoms with van der Waals surface area (Å²) in [6, 6.07) is 8.14. The van der Waals surface area contributed by atoms with Crippen LogP contribution >= 0.6 is 0 Å². The number of allylic oxidation sites excluding steroid dienone is 2. The third-order valence-corrected chi connectivity index (χ3v) is 5.37. The predicted molar refractivity (Wildman–Crippen MR) is 122 cm³/mol. The Kier molecular flexibility index (Phi) is 10.8. The van der Waals surface area contributed by atoms with Crippen LogP contribution in [0.1, 0.15) is 48.2 Å². The summed E-state index contributed by atoms with van der Waals surface area (Å²) in [5.41, 5.74) is 3.44. The van der Waals surface area contributed by atoms with Crippen molar-refractivity contribution in [2.24, 2.45) is 4.99 Å². The Balaban J connectivity index is 1.62. The first-order valence-corrected chi connectivity index (χ1v) is 11.0. The van der Waals surface area contributed by atoms with Gasteiger partial charge in [0.15, 0.2) is 0 Å². The lowest BCUT2D eigenvalue weighted by atomic mass is 10.0. The highest BCUT2D eigenvalue weighted by molar-refractivity contribution is 5.93. The summed E-state index contributed by atoms with van der Waals surface area (Å²) in [7, 11) is 1.58. The molecule has 0 atom stereocenters. The van der Waals surface area contributed by atoms with Crippen LogP contribution in [0.2, 0.25) is 0 Å². The van der Waals surface area contributed by atoms with Crippen LogP contribution in [0.15, 0.2) is 34.5 Å². The lowest BCUT2D eigenvalue weighted by molar-refractivity contribution is 0.0535. The average Bonchev–Trinajstić information content (AvgIpc) is 3.16. The van der Waals surface area contributed by atoms with Crippen molar-refractivity contribution < 1.29 is 14.3 Å². The number of methoxy groups -OCH3 is 1. The maximum atomic E-state index is 11.5. The first kappa shape index (κ1) is 24.6. The number of hydrogen-bond donors (Lipinski definition) is 1. The predicted octanol–water partition coefficient (Wildman–Crippen LogP) is 3.11. The van der Waals surface area contributed by atoms with Gasteiger partial charge in [-0.3, -0.25) is 4.99 Å². The molecule has 0 aliphatic carbocycles. The monoisotopic (exact) mass is 426 g/mol. The number of likely N-dealkylation sites (N-methyl/N-ethyl adjacent to an activating group) is 1. The van der Waals surface area contributed by atoms with Crippen molar-refractivity contribution >= 4 is 12.2 Å². The molecule has 1 N–H and O–H groups in total. The van der Waals surface area contributed by atoms with Crippen LogP contribution in [0, 0.1) is 11.3 Å². The average molecular weight is 427 g/mol. The molecule has 1 heterocycles. The number of hydrogen-bond acceptors (Lipinski definition) is 7. The lowest BCUT2D eigenvalue weighted by Gasteiger charge is -2.20. The third-order valence-electron chi connectivity index (χ3n) is 5.37. The fourth-order valence-electron chi connectivity index (χ4n) is 3.48. The molecule has 0 radical (unpaired) electrons. The second-order valence-corrected chi connectivity index (χ2v) is 7.40. The molecule has 1 aromatic rings. The van der Waals surface area contributed by atoms with Crippen LogP contribution in [0.5, 0.6) is 0 Å². The number of benzene rings is 1. The molecule has 168 valence electrons. The van der Waals surface area contributed by atoms with E-state index in [-0.39, 0.29) is 5.97 Å². The van der Waals surface area contributed by atoms with Crippen molar-refractivity contribution in [2.75, 3.05) is 46.4 Å². The highest BCUT2D eigenvalue weighted by Gasteiger charge is 2.20. The number of ether oxygens (including phenoxy) is 2. The van der Waals surface area contributed by atoms with E-state index in [0.29, 0.717) is 36.5 Å². The Hall–Kier alpha value is -2.69. The molecule has 7 nitrogen and oxygen atoms in total. The molecule has 0 spiro atoms. The fraction of sp³-hybridized carbons (Fsp3) is 0.542. The standard InChI is InChI=1S/C24H34N4O3/c1-4-23(30-3)21(16-25)17-27-11-6-10-26-12-14-28(5-2)13-9-19-7-8-22-20(15-19)18-31-24(22)29/h7-8,15,17,26H,4-6,9-14,18H2,1-3H3/b23-21+,27-17?. The molecule has 0 fully saturated rings. The Bertz CT molecular complexity index is 821. The number of carbonyl (C=O) groups is 1. The van der Waals surface area contributed by atoms with Crippen molar-refractivity contribution in [2.45, 2.75) is 39.7 Å². The number of aliphatic imine (C=N–C) groups is 1. The van der Waals surface area contributed by atoms with Gasteiger partial charge in [0.25, 0.3) is 0 Å². The second kappa shape index (κ2) is 13.6. The van der Waals surface area contributed by atoms with Crippen LogP contribution in [-0.4, -0.2) is 63.5 Å². The summed E-state index contributed by atoms with van der Waals surface area (Å²) in [6.45, 7) is 10.0. The Labute approximate surface area is 185 Å². The number of fused-ring (bicyclic) bond motifs is 1. The fourth-order valence-corrected chi connectivity index (χ4v) is 3.48. The maximum Gasteiger partial charge on any atom is 0.338 e. The molecule has 1 aliphatic rings. The van der Waals surface area contributed by atoms with Crippen LogP contribution in [0.3, 0.4) is 0 Å². The summed E-state index contributed by atoms with van der Waals surface area (Å²) in [4.78, 5) is 18.3. The minimum Gasteiger partial charge on any atom is -0.500 e. The topological polar surface area (TPSA) is 86.9 Å². The molecule has 0 saturated heterocycles. The maximum absolute atomic E-state index is 11.5. The van der Waals surface area contributed by atoms with Crippen molar-refractivity contribution in [3.63, 3.8) is 0 Å². The van der Waals surface area contributed by atoms with Gasteiger partial charge in [0.05, 0.1) is 12.7 Å². The molecule has 0 unspecified atom stereocenters. The van der Waals surface area contributed by atoms with E-state index in [4.69, 9.17) is 14.7 Å². The summed E-state index contributed by atoms with van der Waals surface area (Å²) in [5, 5.41) is 12.6. The van der Waals surface area contributed by atoms with Crippen molar-refractivity contribution in [3.05, 3.63) is 46.2 Å². The van der Waals surface area contributed by atoms with Gasteiger partial charge >= 0.3 is 5.97 Å². The molecule has 2 rings (SSSR count). The van der Waals surface area contributed by atoms with Gasteiger partial charge in [-0.15, -0.1) is 0 Å². The molecular formula is C24H34N4O3. The zero-order valence-corrected chi connectivity index (χ0v) is 18.9. The third kappa shape index (κ3) is 7.82. The molecular weight excluding hydrogens is 392 g/mol. The summed E-state index contributed by atoms with van der Waals surface area (Å²) >= 11 is 0. The second-order valence-electron chi connectivity index (χ2n) is 7.40. The quantitative estimate of drug-likeness (QED) is 0.162. The zero-order chi connectivity index (χ0) is 22.5. The molecule has 1 aromatic carbocycles. The van der Waals surface area contributed by atoms with E-state index < -0.39 is 0 Å². The summed E-state index contributed by atoms with van der Waals surface area (Å²) < 4.78 is 10.3. The van der Waals surface area contributed by atoms with E-state index in [2.05, 4.69) is 34.3 Å². The number of nitriles is 1. The molecule has 1 aliphatic heterocycles. The van der Waals surface area contributed by atoms with Gasteiger partial charge in [0.2, 0.25) is 0 Å². The number of nitrogens with one attached hydrogen (secondary N) is 1. The van der Waals surface area contributed by atoms with Gasteiger partial charge in [-0.25, -0.2) is 4.79 Å². The Morgan fingerprint density at radius 1 is 1.35 bits per heavy atom. The minimum atomic E-state index is -0.212. The molecule has 0 bridgehead atoms. The van der Waals surface area contributed by atoms with E-state index >= 15 is 0 Å². The smallest absolute Gasteiger partial charge is 0.338 e. The number of cyclic esters (lactones) is 1. The summed E-state index contributed by atoms with van der Waals surface area (Å²) in [5.74, 6) is 0.460. The summed E-state index contributed by atoms with van der Waals surface area (Å²) in [6.07, 6.45) is 4.18. The van der Waals surface area contributed by atoms with Gasteiger partial charge in [0.1, 0.15) is 24.0 Å². The van der Waals surface area contributed by atoms with Crippen LogP contribution in [-0.2, 0) is 22.5 Å². The van der Waals surface area contributed by atoms with Gasteiger partial charge in [-0.2, -0.15) is 5.26 Å². The number of rotatable bonds is 14. The number of nitrogens with zero attached hydrogens (tertiary/aromatic N) is 3. The molecule has 7 heteroatoms. The van der Waals surface area contributed by atoms with Crippen molar-refractivity contribution in [3.8, 4) is 6.07 Å². The largest absolute Gasteiger partial charge is 0.500 e. The number of carbonyl (C=O) groups excluding carboxylic acids is 1. The Morgan fingerprint density at radius 2 is 2.19 bits per heavy atom. The zero-order valence-electron chi connectivity index (χ0n) is 18.9. The Morgan fingerprint density at radius 3 is 2.90 bits per heavy atom. The van der Waals surface area contributed by atoms with E-state index in [9.17, 15) is 4.79 Å². The van der Waals surface area contributed by atoms with Crippen LogP contribution < -0.4 is 5.32 Å². The van der Waals surface area contributed by atoms with E-state index in [1.54, 1.807) is 13.3 Å². The van der Waals surface area contributed by atoms with Gasteiger partial charge in [-0.1, -0.05) is 26.0 Å². The van der Waals surface area contributed by atoms with Gasteiger partial charge in [0, 0.05) is 44.4 Å². The van der Waals surface area contributed by atoms with Crippen LogP contribution in [0.4, 0.5) is 0 Å². The normalized spacial score (nSPS) is 13.8. The van der Waals surface area contributed by atoms with Crippen molar-refractivity contribution in [1.82, 2.24) is 10.2 Å². The lowest BCUT2D eigenvalue weighted by Crippen LogP contribution is -2.34. The first-order chi connectivity index (χ1) is 15.1. The molecule has 31 heavy (non-hydrogen) atoms. The molecule has 0 saturated carbocycles. The highest BCUT2D eigenvalue weighted by atomic mass is 16.5. The minimum absolute atomic E-state index is 0.212. The molecule has 0 aromatic heterocycles.